The molecule has 0 bridgehead atoms. The molecule has 3 aliphatic rings. The molecule has 2 aromatic heterocycles. The molecule has 0 aliphatic carbocycles. The van der Waals surface area contributed by atoms with Crippen molar-refractivity contribution >= 4 is 16.7 Å². The average molecular weight is 407 g/mol. The van der Waals surface area contributed by atoms with Crippen LogP contribution in [0.25, 0.3) is 11.0 Å². The number of likely N-dealkylation sites (tertiary alicyclic amines) is 1. The van der Waals surface area contributed by atoms with Gasteiger partial charge in [0, 0.05) is 74.2 Å². The molecule has 30 heavy (non-hydrogen) atoms. The number of ether oxygens (including phenoxy) is 1. The molecule has 5 heterocycles. The highest BCUT2D eigenvalue weighted by Gasteiger charge is 2.48. The number of hydrogen-bond donors (Lipinski definition) is 1. The first kappa shape index (κ1) is 18.4. The van der Waals surface area contributed by atoms with E-state index in [9.17, 15) is 0 Å². The van der Waals surface area contributed by atoms with Gasteiger partial charge >= 0.3 is 0 Å². The van der Waals surface area contributed by atoms with Crippen LogP contribution in [0, 0.1) is 5.41 Å². The Balaban J connectivity index is 1.28. The molecule has 0 unspecified atom stereocenters. The number of fused-ring (bicyclic) bond motifs is 3. The lowest BCUT2D eigenvalue weighted by Gasteiger charge is -2.55. The van der Waals surface area contributed by atoms with Crippen LogP contribution in [0.2, 0.25) is 0 Å². The van der Waals surface area contributed by atoms with Crippen molar-refractivity contribution < 1.29 is 4.74 Å². The predicted octanol–water partition coefficient (Wildman–Crippen LogP) is 2.55. The Morgan fingerprint density at radius 2 is 2.10 bits per heavy atom. The summed E-state index contributed by atoms with van der Waals surface area (Å²) < 4.78 is 9.88. The van der Waals surface area contributed by atoms with Crippen molar-refractivity contribution in [3.8, 4) is 0 Å². The minimum Gasteiger partial charge on any atom is -0.382 e. The van der Waals surface area contributed by atoms with Gasteiger partial charge in [-0.25, -0.2) is 4.98 Å². The van der Waals surface area contributed by atoms with Gasteiger partial charge in [0.1, 0.15) is 5.82 Å². The third-order valence-corrected chi connectivity index (χ3v) is 7.03. The van der Waals surface area contributed by atoms with E-state index >= 15 is 0 Å². The number of nitrogens with zero attached hydrogens (tertiary/aromatic N) is 5. The molecule has 3 aliphatic heterocycles. The van der Waals surface area contributed by atoms with Crippen molar-refractivity contribution in [2.75, 3.05) is 38.2 Å². The Hall–Kier alpha value is -2.38. The number of rotatable bonds is 6. The number of aromatic nitrogens is 4. The molecule has 1 atom stereocenters. The maximum Gasteiger partial charge on any atom is 0.111 e. The van der Waals surface area contributed by atoms with Crippen LogP contribution in [0.15, 0.2) is 30.6 Å². The Morgan fingerprint density at radius 1 is 1.20 bits per heavy atom. The lowest BCUT2D eigenvalue weighted by atomic mass is 9.78. The lowest BCUT2D eigenvalue weighted by Crippen LogP contribution is -2.66. The number of anilines is 1. The summed E-state index contributed by atoms with van der Waals surface area (Å²) in [4.78, 5) is 7.73. The largest absolute Gasteiger partial charge is 0.382 e. The van der Waals surface area contributed by atoms with Crippen LogP contribution in [0.1, 0.15) is 24.7 Å². The standard InChI is InChI=1S/C23H30N6O/c1-17-3-4-18-19(25-17)5-6-20-22(18)26-21(7-10-28-9-2-8-24-28)29(20)12-11-27-13-23(14-27)15-30-16-23/h2,5-6,8-9,17,25H,3-4,7,10-16H2,1H3/t17-/m0/s1. The maximum atomic E-state index is 5.43. The molecule has 2 saturated heterocycles. The highest BCUT2D eigenvalue weighted by Crippen LogP contribution is 2.37. The molecule has 3 aromatic rings. The first-order valence-electron chi connectivity index (χ1n) is 11.2. The zero-order valence-corrected chi connectivity index (χ0v) is 17.7. The van der Waals surface area contributed by atoms with Crippen molar-refractivity contribution in [2.45, 2.75) is 45.3 Å². The molecule has 0 amide bonds. The third-order valence-electron chi connectivity index (χ3n) is 7.03. The Labute approximate surface area is 177 Å². The van der Waals surface area contributed by atoms with Gasteiger partial charge in [-0.1, -0.05) is 0 Å². The van der Waals surface area contributed by atoms with Gasteiger partial charge in [0.25, 0.3) is 0 Å². The monoisotopic (exact) mass is 406 g/mol. The zero-order chi connectivity index (χ0) is 20.1. The van der Waals surface area contributed by atoms with Gasteiger partial charge in [-0.2, -0.15) is 5.10 Å². The normalized spacial score (nSPS) is 22.5. The van der Waals surface area contributed by atoms with Crippen LogP contribution in [-0.2, 0) is 30.7 Å². The quantitative estimate of drug-likeness (QED) is 0.682. The second-order valence-electron chi connectivity index (χ2n) is 9.45. The number of benzene rings is 1. The fraction of sp³-hybridized carbons (Fsp3) is 0.565. The minimum absolute atomic E-state index is 0.474. The molecule has 1 N–H and O–H groups in total. The van der Waals surface area contributed by atoms with E-state index in [1.807, 2.05) is 23.1 Å². The highest BCUT2D eigenvalue weighted by molar-refractivity contribution is 5.86. The summed E-state index contributed by atoms with van der Waals surface area (Å²) >= 11 is 0. The molecular formula is C23H30N6O. The highest BCUT2D eigenvalue weighted by atomic mass is 16.5. The van der Waals surface area contributed by atoms with Crippen molar-refractivity contribution in [1.82, 2.24) is 24.2 Å². The van der Waals surface area contributed by atoms with Crippen LogP contribution < -0.4 is 5.32 Å². The molecule has 158 valence electrons. The molecule has 1 aromatic carbocycles. The van der Waals surface area contributed by atoms with E-state index in [1.165, 1.54) is 47.6 Å². The predicted molar refractivity (Wildman–Crippen MR) is 117 cm³/mol. The van der Waals surface area contributed by atoms with Gasteiger partial charge < -0.3 is 19.5 Å². The van der Waals surface area contributed by atoms with E-state index in [-0.39, 0.29) is 0 Å². The van der Waals surface area contributed by atoms with E-state index in [0.717, 1.165) is 45.7 Å². The Bertz CT molecular complexity index is 1040. The van der Waals surface area contributed by atoms with Gasteiger partial charge in [-0.3, -0.25) is 4.68 Å². The smallest absolute Gasteiger partial charge is 0.111 e. The van der Waals surface area contributed by atoms with Crippen LogP contribution in [0.3, 0.4) is 0 Å². The van der Waals surface area contributed by atoms with Crippen LogP contribution >= 0.6 is 0 Å². The Kier molecular flexibility index (Phi) is 4.35. The first-order valence-corrected chi connectivity index (χ1v) is 11.2. The lowest BCUT2D eigenvalue weighted by molar-refractivity contribution is -0.189. The topological polar surface area (TPSA) is 60.1 Å². The van der Waals surface area contributed by atoms with Gasteiger partial charge in [0.15, 0.2) is 0 Å². The van der Waals surface area contributed by atoms with E-state index in [4.69, 9.17) is 9.72 Å². The molecule has 0 saturated carbocycles. The summed E-state index contributed by atoms with van der Waals surface area (Å²) in [5.41, 5.74) is 5.59. The number of aryl methyl sites for hydroxylation is 3. The maximum absolute atomic E-state index is 5.43. The van der Waals surface area contributed by atoms with Crippen molar-refractivity contribution in [3.63, 3.8) is 0 Å². The fourth-order valence-electron chi connectivity index (χ4n) is 5.34. The Morgan fingerprint density at radius 3 is 2.87 bits per heavy atom. The minimum atomic E-state index is 0.474. The molecule has 1 spiro atoms. The first-order chi connectivity index (χ1) is 14.7. The molecule has 7 nitrogen and oxygen atoms in total. The zero-order valence-electron chi connectivity index (χ0n) is 17.7. The summed E-state index contributed by atoms with van der Waals surface area (Å²) in [7, 11) is 0. The van der Waals surface area contributed by atoms with Crippen LogP contribution in [0.4, 0.5) is 5.69 Å². The van der Waals surface area contributed by atoms with Crippen molar-refractivity contribution in [2.24, 2.45) is 5.41 Å². The number of hydrogen-bond acceptors (Lipinski definition) is 5. The van der Waals surface area contributed by atoms with Crippen LogP contribution in [0.5, 0.6) is 0 Å². The van der Waals surface area contributed by atoms with Gasteiger partial charge in [-0.05, 0) is 38.0 Å². The average Bonchev–Trinajstić information content (AvgIpc) is 3.31. The summed E-state index contributed by atoms with van der Waals surface area (Å²) in [6, 6.07) is 7.04. The molecule has 2 fully saturated rings. The molecule has 6 rings (SSSR count). The van der Waals surface area contributed by atoms with E-state index in [0.29, 0.717) is 11.5 Å². The summed E-state index contributed by atoms with van der Waals surface area (Å²) in [6.07, 6.45) is 7.04. The van der Waals surface area contributed by atoms with E-state index in [1.54, 1.807) is 0 Å². The van der Waals surface area contributed by atoms with Crippen molar-refractivity contribution in [1.29, 1.82) is 0 Å². The van der Waals surface area contributed by atoms with Crippen molar-refractivity contribution in [3.05, 3.63) is 42.0 Å². The van der Waals surface area contributed by atoms with Gasteiger partial charge in [0.2, 0.25) is 0 Å². The van der Waals surface area contributed by atoms with Crippen LogP contribution in [-0.4, -0.2) is 63.1 Å². The van der Waals surface area contributed by atoms with Gasteiger partial charge in [-0.15, -0.1) is 0 Å². The summed E-state index contributed by atoms with van der Waals surface area (Å²) in [5, 5.41) is 8.01. The van der Waals surface area contributed by atoms with E-state index < -0.39 is 0 Å². The molecule has 0 radical (unpaired) electrons. The summed E-state index contributed by atoms with van der Waals surface area (Å²) in [5.74, 6) is 1.18. The second-order valence-corrected chi connectivity index (χ2v) is 9.45. The number of nitrogens with one attached hydrogen (secondary N) is 1. The second kappa shape index (κ2) is 7.10. The molecular weight excluding hydrogens is 376 g/mol. The van der Waals surface area contributed by atoms with Gasteiger partial charge in [0.05, 0.1) is 24.2 Å². The molecule has 7 heteroatoms. The fourth-order valence-corrected chi connectivity index (χ4v) is 5.34. The SMILES string of the molecule is C[C@H]1CCc2c(ccc3c2nc(CCn2cccn2)n3CCN2CC3(COC3)C2)N1. The van der Waals surface area contributed by atoms with E-state index in [2.05, 4.69) is 38.9 Å². The summed E-state index contributed by atoms with van der Waals surface area (Å²) in [6.45, 7) is 9.44. The number of imidazole rings is 1. The third kappa shape index (κ3) is 3.11.